The number of nitrogens with one attached hydrogen (secondary N) is 1. The highest BCUT2D eigenvalue weighted by molar-refractivity contribution is 6.05. The minimum atomic E-state index is -0.447. The maximum atomic E-state index is 13.0. The smallest absolute Gasteiger partial charge is 0.261 e. The second-order valence-electron chi connectivity index (χ2n) is 8.48. The molecule has 0 spiro atoms. The summed E-state index contributed by atoms with van der Waals surface area (Å²) in [6, 6.07) is 14.8. The molecule has 4 heterocycles. The van der Waals surface area contributed by atoms with Crippen LogP contribution in [-0.4, -0.2) is 38.7 Å². The molecule has 0 atom stereocenters. The van der Waals surface area contributed by atoms with Crippen LogP contribution in [0, 0.1) is 6.92 Å². The summed E-state index contributed by atoms with van der Waals surface area (Å²) in [5.41, 5.74) is 3.44. The third-order valence-corrected chi connectivity index (χ3v) is 6.16. The van der Waals surface area contributed by atoms with Gasteiger partial charge in [-0.15, -0.1) is 10.2 Å². The van der Waals surface area contributed by atoms with Gasteiger partial charge in [0.05, 0.1) is 11.1 Å². The number of anilines is 2. The molecular weight excluding hydrogens is 428 g/mol. The second kappa shape index (κ2) is 9.05. The summed E-state index contributed by atoms with van der Waals surface area (Å²) in [6.45, 7) is 6.48. The zero-order valence-corrected chi connectivity index (χ0v) is 19.3. The van der Waals surface area contributed by atoms with Crippen LogP contribution >= 0.6 is 0 Å². The van der Waals surface area contributed by atoms with Crippen LogP contribution in [0.5, 0.6) is 0 Å². The van der Waals surface area contributed by atoms with Crippen molar-refractivity contribution in [2.24, 2.45) is 0 Å². The molecule has 0 saturated carbocycles. The quantitative estimate of drug-likeness (QED) is 0.489. The van der Waals surface area contributed by atoms with Gasteiger partial charge in [0.1, 0.15) is 11.2 Å². The average molecular weight is 455 g/mol. The van der Waals surface area contributed by atoms with E-state index in [0.717, 1.165) is 35.9 Å². The fraction of sp³-hybridized carbons (Fsp3) is 0.269. The number of fused-ring (bicyclic) bond motifs is 1. The zero-order chi connectivity index (χ0) is 23.7. The van der Waals surface area contributed by atoms with Gasteiger partial charge in [0.25, 0.3) is 5.91 Å². The van der Waals surface area contributed by atoms with Gasteiger partial charge >= 0.3 is 0 Å². The molecule has 34 heavy (non-hydrogen) atoms. The number of carbonyl (C=O) groups excluding carboxylic acids is 1. The molecule has 1 N–H and O–H groups in total. The minimum Gasteiger partial charge on any atom is -0.355 e. The van der Waals surface area contributed by atoms with Crippen molar-refractivity contribution in [1.82, 2.24) is 19.7 Å². The molecule has 1 aliphatic rings. The Labute approximate surface area is 197 Å². The third-order valence-electron chi connectivity index (χ3n) is 6.16. The summed E-state index contributed by atoms with van der Waals surface area (Å²) in [5.74, 6) is 0.459. The number of carbonyl (C=O) groups is 1. The van der Waals surface area contributed by atoms with Gasteiger partial charge in [-0.25, -0.2) is 4.98 Å². The first-order valence-electron chi connectivity index (χ1n) is 11.5. The third kappa shape index (κ3) is 4.14. The molecule has 0 aliphatic carbocycles. The lowest BCUT2D eigenvalue weighted by Crippen LogP contribution is -2.24. The SMILES string of the molecule is CCn1cc(C(=O)Nc2ccc(-c3ccc(N4CCCC4)nn3)cc2)c(=O)c2ccc(C)nc21. The Morgan fingerprint density at radius 2 is 1.76 bits per heavy atom. The molecular formula is C26H26N6O2. The van der Waals surface area contributed by atoms with Gasteiger partial charge in [0.15, 0.2) is 5.82 Å². The Morgan fingerprint density at radius 1 is 1.00 bits per heavy atom. The van der Waals surface area contributed by atoms with Gasteiger partial charge in [-0.2, -0.15) is 0 Å². The lowest BCUT2D eigenvalue weighted by atomic mass is 10.1. The average Bonchev–Trinajstić information content (AvgIpc) is 3.40. The van der Waals surface area contributed by atoms with Crippen molar-refractivity contribution in [2.75, 3.05) is 23.3 Å². The van der Waals surface area contributed by atoms with Gasteiger partial charge in [0.2, 0.25) is 5.43 Å². The van der Waals surface area contributed by atoms with Crippen molar-refractivity contribution in [3.8, 4) is 11.3 Å². The predicted molar refractivity (Wildman–Crippen MR) is 133 cm³/mol. The van der Waals surface area contributed by atoms with E-state index in [-0.39, 0.29) is 11.0 Å². The number of pyridine rings is 2. The molecule has 172 valence electrons. The van der Waals surface area contributed by atoms with Crippen LogP contribution in [0.3, 0.4) is 0 Å². The molecule has 4 aromatic rings. The van der Waals surface area contributed by atoms with E-state index in [4.69, 9.17) is 0 Å². The van der Waals surface area contributed by atoms with E-state index >= 15 is 0 Å². The molecule has 0 bridgehead atoms. The molecule has 0 unspecified atom stereocenters. The van der Waals surface area contributed by atoms with Gasteiger partial charge < -0.3 is 14.8 Å². The van der Waals surface area contributed by atoms with Crippen molar-refractivity contribution in [2.45, 2.75) is 33.2 Å². The molecule has 1 fully saturated rings. The van der Waals surface area contributed by atoms with Crippen LogP contribution in [0.1, 0.15) is 35.8 Å². The number of benzene rings is 1. The number of amides is 1. The van der Waals surface area contributed by atoms with E-state index in [2.05, 4.69) is 25.4 Å². The number of rotatable bonds is 5. The van der Waals surface area contributed by atoms with Gasteiger partial charge in [-0.05, 0) is 63.1 Å². The Hall–Kier alpha value is -4.07. The molecule has 1 saturated heterocycles. The molecule has 1 aliphatic heterocycles. The standard InChI is InChI=1S/C26H26N6O2/c1-3-31-16-21(24(33)20-11-6-17(2)27-25(20)31)26(34)28-19-9-7-18(8-10-19)22-12-13-23(30-29-22)32-14-4-5-15-32/h6-13,16H,3-5,14-15H2,1-2H3,(H,28,34). The van der Waals surface area contributed by atoms with Crippen molar-refractivity contribution in [1.29, 1.82) is 0 Å². The summed E-state index contributed by atoms with van der Waals surface area (Å²) >= 11 is 0. The van der Waals surface area contributed by atoms with Gasteiger partial charge in [0, 0.05) is 42.8 Å². The summed E-state index contributed by atoms with van der Waals surface area (Å²) in [7, 11) is 0. The van der Waals surface area contributed by atoms with Crippen LogP contribution in [0.15, 0.2) is 59.5 Å². The highest BCUT2D eigenvalue weighted by Crippen LogP contribution is 2.23. The molecule has 1 amide bonds. The fourth-order valence-corrected chi connectivity index (χ4v) is 4.28. The van der Waals surface area contributed by atoms with Crippen LogP contribution in [0.4, 0.5) is 11.5 Å². The van der Waals surface area contributed by atoms with E-state index in [0.29, 0.717) is 23.3 Å². The van der Waals surface area contributed by atoms with Crippen molar-refractivity contribution in [3.63, 3.8) is 0 Å². The lowest BCUT2D eigenvalue weighted by molar-refractivity contribution is 0.102. The fourth-order valence-electron chi connectivity index (χ4n) is 4.28. The predicted octanol–water partition coefficient (Wildman–Crippen LogP) is 4.03. The summed E-state index contributed by atoms with van der Waals surface area (Å²) < 4.78 is 1.83. The van der Waals surface area contributed by atoms with Crippen LogP contribution in [0.2, 0.25) is 0 Å². The molecule has 0 radical (unpaired) electrons. The maximum Gasteiger partial charge on any atom is 0.261 e. The minimum absolute atomic E-state index is 0.0902. The molecule has 1 aromatic carbocycles. The normalized spacial score (nSPS) is 13.4. The Balaban J connectivity index is 1.35. The van der Waals surface area contributed by atoms with Crippen molar-refractivity contribution < 1.29 is 4.79 Å². The number of aryl methyl sites for hydroxylation is 2. The Morgan fingerprint density at radius 3 is 2.44 bits per heavy atom. The summed E-state index contributed by atoms with van der Waals surface area (Å²) in [4.78, 5) is 32.6. The largest absolute Gasteiger partial charge is 0.355 e. The molecule has 5 rings (SSSR count). The first kappa shape index (κ1) is 21.8. The Bertz CT molecular complexity index is 1400. The van der Waals surface area contributed by atoms with E-state index in [9.17, 15) is 9.59 Å². The van der Waals surface area contributed by atoms with E-state index in [1.54, 1.807) is 30.5 Å². The lowest BCUT2D eigenvalue weighted by Gasteiger charge is -2.15. The second-order valence-corrected chi connectivity index (χ2v) is 8.48. The molecule has 8 heteroatoms. The molecule has 8 nitrogen and oxygen atoms in total. The van der Waals surface area contributed by atoms with Gasteiger partial charge in [-0.1, -0.05) is 12.1 Å². The van der Waals surface area contributed by atoms with Crippen molar-refractivity contribution in [3.05, 3.63) is 76.2 Å². The van der Waals surface area contributed by atoms with Gasteiger partial charge in [-0.3, -0.25) is 9.59 Å². The van der Waals surface area contributed by atoms with Crippen LogP contribution < -0.4 is 15.6 Å². The summed E-state index contributed by atoms with van der Waals surface area (Å²) in [6.07, 6.45) is 3.97. The summed E-state index contributed by atoms with van der Waals surface area (Å²) in [5, 5.41) is 12.0. The number of nitrogens with zero attached hydrogens (tertiary/aromatic N) is 5. The number of hydrogen-bond acceptors (Lipinski definition) is 6. The van der Waals surface area contributed by atoms with E-state index in [1.807, 2.05) is 42.7 Å². The monoisotopic (exact) mass is 454 g/mol. The maximum absolute atomic E-state index is 13.0. The van der Waals surface area contributed by atoms with E-state index in [1.165, 1.54) is 12.8 Å². The number of aromatic nitrogens is 4. The highest BCUT2D eigenvalue weighted by Gasteiger charge is 2.17. The van der Waals surface area contributed by atoms with Crippen molar-refractivity contribution >= 4 is 28.4 Å². The van der Waals surface area contributed by atoms with Crippen LogP contribution in [-0.2, 0) is 6.54 Å². The Kier molecular flexibility index (Phi) is 5.79. The first-order chi connectivity index (χ1) is 16.5. The highest BCUT2D eigenvalue weighted by atomic mass is 16.2. The van der Waals surface area contributed by atoms with E-state index < -0.39 is 5.91 Å². The topological polar surface area (TPSA) is 93.0 Å². The van der Waals surface area contributed by atoms with Crippen LogP contribution in [0.25, 0.3) is 22.3 Å². The first-order valence-corrected chi connectivity index (χ1v) is 11.5. The molecule has 3 aromatic heterocycles. The number of hydrogen-bond donors (Lipinski definition) is 1. The zero-order valence-electron chi connectivity index (χ0n) is 19.3.